The molecule has 0 fully saturated rings. The molecule has 5 heteroatoms. The molecule has 0 spiro atoms. The number of unbranched alkanes of at least 4 members (excludes halogenated alkanes) is 6. The normalized spacial score (nSPS) is 11.5. The molecular formula is C23H37NO4. The zero-order valence-corrected chi connectivity index (χ0v) is 18.4. The quantitative estimate of drug-likeness (QED) is 0.332. The highest BCUT2D eigenvalue weighted by Crippen LogP contribution is 2.39. The SMILES string of the molecule is CCCCCCCCC=CC(C)(C)C(=O)Nc1c(OC)cc(OC)cc1OC. The molecule has 0 atom stereocenters. The van der Waals surface area contributed by atoms with E-state index < -0.39 is 5.41 Å². The topological polar surface area (TPSA) is 56.8 Å². The molecule has 0 heterocycles. The Labute approximate surface area is 170 Å². The first kappa shape index (κ1) is 23.9. The molecular weight excluding hydrogens is 354 g/mol. The third-order valence-corrected chi connectivity index (χ3v) is 4.80. The fourth-order valence-electron chi connectivity index (χ4n) is 2.90. The van der Waals surface area contributed by atoms with Gasteiger partial charge in [0, 0.05) is 12.1 Å². The maximum atomic E-state index is 12.9. The summed E-state index contributed by atoms with van der Waals surface area (Å²) in [5.74, 6) is 1.48. The van der Waals surface area contributed by atoms with Gasteiger partial charge in [-0.3, -0.25) is 4.79 Å². The molecule has 0 aliphatic carbocycles. The number of ether oxygens (including phenoxy) is 3. The van der Waals surface area contributed by atoms with E-state index in [1.807, 2.05) is 19.9 Å². The van der Waals surface area contributed by atoms with Gasteiger partial charge >= 0.3 is 0 Å². The van der Waals surface area contributed by atoms with Crippen LogP contribution in [0.5, 0.6) is 17.2 Å². The Morgan fingerprint density at radius 1 is 0.964 bits per heavy atom. The van der Waals surface area contributed by atoms with Crippen LogP contribution in [0.1, 0.15) is 65.7 Å². The van der Waals surface area contributed by atoms with Crippen molar-refractivity contribution in [2.75, 3.05) is 26.6 Å². The predicted octanol–water partition coefficient (Wildman–Crippen LogP) is 5.98. The van der Waals surface area contributed by atoms with E-state index in [1.54, 1.807) is 33.5 Å². The van der Waals surface area contributed by atoms with Gasteiger partial charge in [-0.2, -0.15) is 0 Å². The van der Waals surface area contributed by atoms with Gasteiger partial charge in [-0.1, -0.05) is 51.2 Å². The number of methoxy groups -OCH3 is 3. The molecule has 0 aliphatic rings. The van der Waals surface area contributed by atoms with Gasteiger partial charge in [0.2, 0.25) is 5.91 Å². The van der Waals surface area contributed by atoms with E-state index in [2.05, 4.69) is 18.3 Å². The summed E-state index contributed by atoms with van der Waals surface area (Å²) in [6.45, 7) is 6.04. The number of carbonyl (C=O) groups excluding carboxylic acids is 1. The number of nitrogens with one attached hydrogen (secondary N) is 1. The minimum atomic E-state index is -0.641. The molecule has 5 nitrogen and oxygen atoms in total. The fraction of sp³-hybridized carbons (Fsp3) is 0.609. The van der Waals surface area contributed by atoms with Crippen molar-refractivity contribution in [1.82, 2.24) is 0 Å². The first-order valence-corrected chi connectivity index (χ1v) is 10.2. The van der Waals surface area contributed by atoms with Crippen LogP contribution in [0.4, 0.5) is 5.69 Å². The van der Waals surface area contributed by atoms with Gasteiger partial charge in [-0.05, 0) is 26.7 Å². The van der Waals surface area contributed by atoms with Gasteiger partial charge in [-0.15, -0.1) is 0 Å². The van der Waals surface area contributed by atoms with Crippen molar-refractivity contribution in [3.05, 3.63) is 24.3 Å². The fourth-order valence-corrected chi connectivity index (χ4v) is 2.90. The van der Waals surface area contributed by atoms with Crippen molar-refractivity contribution < 1.29 is 19.0 Å². The number of carbonyl (C=O) groups is 1. The van der Waals surface area contributed by atoms with Gasteiger partial charge in [-0.25, -0.2) is 0 Å². The first-order valence-electron chi connectivity index (χ1n) is 10.2. The number of rotatable bonds is 13. The molecule has 28 heavy (non-hydrogen) atoms. The van der Waals surface area contributed by atoms with Gasteiger partial charge < -0.3 is 19.5 Å². The van der Waals surface area contributed by atoms with Gasteiger partial charge in [0.05, 0.1) is 26.7 Å². The number of benzene rings is 1. The molecule has 0 aliphatic heterocycles. The highest BCUT2D eigenvalue weighted by molar-refractivity contribution is 5.98. The molecule has 0 saturated heterocycles. The summed E-state index contributed by atoms with van der Waals surface area (Å²) in [6, 6.07) is 3.44. The summed E-state index contributed by atoms with van der Waals surface area (Å²) in [6.07, 6.45) is 12.7. The van der Waals surface area contributed by atoms with Crippen molar-refractivity contribution in [3.63, 3.8) is 0 Å². The summed E-state index contributed by atoms with van der Waals surface area (Å²) in [5.41, 5.74) is -0.133. The van der Waals surface area contributed by atoms with Crippen LogP contribution in [0.3, 0.4) is 0 Å². The monoisotopic (exact) mass is 391 g/mol. The highest BCUT2D eigenvalue weighted by atomic mass is 16.5. The number of amides is 1. The van der Waals surface area contributed by atoms with Crippen LogP contribution in [0.15, 0.2) is 24.3 Å². The highest BCUT2D eigenvalue weighted by Gasteiger charge is 2.27. The second-order valence-electron chi connectivity index (χ2n) is 7.54. The van der Waals surface area contributed by atoms with Crippen LogP contribution in [0, 0.1) is 5.41 Å². The first-order chi connectivity index (χ1) is 13.4. The Morgan fingerprint density at radius 3 is 2.07 bits per heavy atom. The van der Waals surface area contributed by atoms with Crippen molar-refractivity contribution >= 4 is 11.6 Å². The third kappa shape index (κ3) is 7.45. The largest absolute Gasteiger partial charge is 0.496 e. The standard InChI is InChI=1S/C23H37NO4/c1-7-8-9-10-11-12-13-14-15-23(2,3)22(25)24-21-19(27-5)16-18(26-4)17-20(21)28-6/h14-17H,7-13H2,1-6H3,(H,24,25). The molecule has 0 bridgehead atoms. The number of hydrogen-bond acceptors (Lipinski definition) is 4. The summed E-state index contributed by atoms with van der Waals surface area (Å²) in [7, 11) is 4.68. The number of hydrogen-bond donors (Lipinski definition) is 1. The summed E-state index contributed by atoms with van der Waals surface area (Å²) < 4.78 is 16.1. The molecule has 1 aromatic rings. The van der Waals surface area contributed by atoms with Crippen LogP contribution in [-0.2, 0) is 4.79 Å². The van der Waals surface area contributed by atoms with Crippen LogP contribution in [0.2, 0.25) is 0 Å². The van der Waals surface area contributed by atoms with Crippen molar-refractivity contribution in [1.29, 1.82) is 0 Å². The molecule has 1 amide bonds. The predicted molar refractivity (Wildman–Crippen MR) is 116 cm³/mol. The molecule has 158 valence electrons. The minimum Gasteiger partial charge on any atom is -0.496 e. The lowest BCUT2D eigenvalue weighted by Crippen LogP contribution is -2.29. The van der Waals surface area contributed by atoms with Crippen molar-refractivity contribution in [2.45, 2.75) is 65.7 Å². The zero-order chi connectivity index (χ0) is 21.0. The van der Waals surface area contributed by atoms with Crippen molar-refractivity contribution in [2.24, 2.45) is 5.41 Å². The van der Waals surface area contributed by atoms with E-state index in [0.29, 0.717) is 22.9 Å². The smallest absolute Gasteiger partial charge is 0.234 e. The second-order valence-corrected chi connectivity index (χ2v) is 7.54. The van der Waals surface area contributed by atoms with E-state index in [4.69, 9.17) is 14.2 Å². The average molecular weight is 392 g/mol. The Kier molecular flexibility index (Phi) is 10.5. The van der Waals surface area contributed by atoms with Crippen LogP contribution >= 0.6 is 0 Å². The van der Waals surface area contributed by atoms with E-state index in [9.17, 15) is 4.79 Å². The zero-order valence-electron chi connectivity index (χ0n) is 18.4. The van der Waals surface area contributed by atoms with Crippen LogP contribution in [-0.4, -0.2) is 27.2 Å². The van der Waals surface area contributed by atoms with E-state index in [-0.39, 0.29) is 5.91 Å². The Bertz CT molecular complexity index is 612. The molecule has 0 aromatic heterocycles. The maximum absolute atomic E-state index is 12.9. The third-order valence-electron chi connectivity index (χ3n) is 4.80. The summed E-state index contributed by atoms with van der Waals surface area (Å²) in [4.78, 5) is 12.9. The van der Waals surface area contributed by atoms with Crippen LogP contribution in [0.25, 0.3) is 0 Å². The molecule has 1 rings (SSSR count). The minimum absolute atomic E-state index is 0.117. The molecule has 0 unspecified atom stereocenters. The Balaban J connectivity index is 2.71. The lowest BCUT2D eigenvalue weighted by molar-refractivity contribution is -0.121. The number of anilines is 1. The van der Waals surface area contributed by atoms with Gasteiger partial charge in [0.15, 0.2) is 0 Å². The van der Waals surface area contributed by atoms with E-state index in [0.717, 1.165) is 12.8 Å². The molecule has 1 aromatic carbocycles. The van der Waals surface area contributed by atoms with Gasteiger partial charge in [0.25, 0.3) is 0 Å². The van der Waals surface area contributed by atoms with Gasteiger partial charge in [0.1, 0.15) is 22.9 Å². The average Bonchev–Trinajstić information content (AvgIpc) is 2.69. The summed E-state index contributed by atoms with van der Waals surface area (Å²) >= 11 is 0. The summed E-state index contributed by atoms with van der Waals surface area (Å²) in [5, 5.41) is 2.95. The number of allylic oxidation sites excluding steroid dienone is 1. The van der Waals surface area contributed by atoms with Crippen molar-refractivity contribution in [3.8, 4) is 17.2 Å². The lowest BCUT2D eigenvalue weighted by atomic mass is 9.91. The molecule has 0 radical (unpaired) electrons. The second kappa shape index (κ2) is 12.3. The lowest BCUT2D eigenvalue weighted by Gasteiger charge is -2.22. The maximum Gasteiger partial charge on any atom is 0.234 e. The van der Waals surface area contributed by atoms with E-state index in [1.165, 1.54) is 32.1 Å². The molecule has 1 N–H and O–H groups in total. The Hall–Kier alpha value is -2.17. The van der Waals surface area contributed by atoms with Crippen LogP contribution < -0.4 is 19.5 Å². The van der Waals surface area contributed by atoms with E-state index >= 15 is 0 Å². The Morgan fingerprint density at radius 2 is 1.54 bits per heavy atom. The molecule has 0 saturated carbocycles.